The Morgan fingerprint density at radius 2 is 1.77 bits per heavy atom. The quantitative estimate of drug-likeness (QED) is 0.383. The molecule has 1 amide bonds. The van der Waals surface area contributed by atoms with Gasteiger partial charge in [0.05, 0.1) is 12.2 Å². The minimum absolute atomic E-state index is 0.142. The molecule has 4 aromatic rings. The predicted octanol–water partition coefficient (Wildman–Crippen LogP) is 2.88. The Bertz CT molecular complexity index is 1540. The average Bonchev–Trinajstić information content (AvgIpc) is 3.54. The number of alkyl halides is 3. The molecule has 1 atom stereocenters. The fourth-order valence-electron chi connectivity index (χ4n) is 4.24. The lowest BCUT2D eigenvalue weighted by molar-refractivity contribution is -0.207. The third-order valence-electron chi connectivity index (χ3n) is 6.25. The molecule has 0 aliphatic carbocycles. The van der Waals surface area contributed by atoms with Crippen molar-refractivity contribution >= 4 is 17.5 Å². The maximum absolute atomic E-state index is 13.2. The van der Waals surface area contributed by atoms with Crippen molar-refractivity contribution in [1.82, 2.24) is 39.0 Å². The van der Waals surface area contributed by atoms with Crippen LogP contribution in [0.3, 0.4) is 0 Å². The minimum atomic E-state index is -4.96. The van der Waals surface area contributed by atoms with Gasteiger partial charge in [-0.05, 0) is 55.7 Å². The van der Waals surface area contributed by atoms with Gasteiger partial charge in [0.15, 0.2) is 17.6 Å². The van der Waals surface area contributed by atoms with Gasteiger partial charge in [0.2, 0.25) is 0 Å². The molecule has 4 heterocycles. The summed E-state index contributed by atoms with van der Waals surface area (Å²) in [6, 6.07) is 9.16. The van der Waals surface area contributed by atoms with Crippen LogP contribution in [-0.4, -0.2) is 75.4 Å². The van der Waals surface area contributed by atoms with Gasteiger partial charge in [-0.2, -0.15) is 18.2 Å². The van der Waals surface area contributed by atoms with Gasteiger partial charge in [-0.3, -0.25) is 9.36 Å². The highest BCUT2D eigenvalue weighted by Crippen LogP contribution is 2.24. The molecule has 1 aliphatic heterocycles. The number of carbonyl (C=O) groups is 1. The highest BCUT2D eigenvalue weighted by atomic mass is 35.5. The van der Waals surface area contributed by atoms with Crippen molar-refractivity contribution in [2.45, 2.75) is 38.1 Å². The zero-order chi connectivity index (χ0) is 27.7. The molecule has 3 aromatic heterocycles. The van der Waals surface area contributed by atoms with Crippen LogP contribution in [0.2, 0.25) is 5.02 Å². The van der Waals surface area contributed by atoms with Gasteiger partial charge in [0.25, 0.3) is 11.9 Å². The maximum Gasteiger partial charge on any atom is 0.416 e. The number of amides is 1. The van der Waals surface area contributed by atoms with E-state index < -0.39 is 24.5 Å². The Balaban J connectivity index is 1.54. The predicted molar refractivity (Wildman–Crippen MR) is 133 cm³/mol. The van der Waals surface area contributed by atoms with Crippen LogP contribution in [0.25, 0.3) is 23.0 Å². The molecular weight excluding hydrogens is 541 g/mol. The van der Waals surface area contributed by atoms with Gasteiger partial charge in [-0.15, -0.1) is 14.9 Å². The van der Waals surface area contributed by atoms with Crippen molar-refractivity contribution in [2.24, 2.45) is 0 Å². The van der Waals surface area contributed by atoms with Crippen LogP contribution in [0.5, 0.6) is 0 Å². The van der Waals surface area contributed by atoms with Crippen molar-refractivity contribution in [2.75, 3.05) is 13.1 Å². The normalized spacial score (nSPS) is 14.9. The lowest BCUT2D eigenvalue weighted by Gasteiger charge is -2.26. The number of hydrogen-bond donors (Lipinski definition) is 1. The van der Waals surface area contributed by atoms with E-state index >= 15 is 0 Å². The Morgan fingerprint density at radius 1 is 1.05 bits per heavy atom. The molecule has 0 spiro atoms. The smallest absolute Gasteiger partial charge is 0.382 e. The number of halogens is 4. The van der Waals surface area contributed by atoms with E-state index in [1.165, 1.54) is 41.5 Å². The molecule has 1 N–H and O–H groups in total. The van der Waals surface area contributed by atoms with Crippen LogP contribution < -0.4 is 5.69 Å². The fraction of sp³-hybridized carbons (Fsp3) is 0.333. The van der Waals surface area contributed by atoms with E-state index in [0.29, 0.717) is 28.4 Å². The first kappa shape index (κ1) is 26.6. The summed E-state index contributed by atoms with van der Waals surface area (Å²) >= 11 is 5.92. The molecule has 0 saturated carbocycles. The van der Waals surface area contributed by atoms with Crippen molar-refractivity contribution in [3.05, 3.63) is 70.1 Å². The van der Waals surface area contributed by atoms with Gasteiger partial charge in [0.1, 0.15) is 6.33 Å². The van der Waals surface area contributed by atoms with Gasteiger partial charge in [0, 0.05) is 29.9 Å². The number of aromatic nitrogens is 7. The number of rotatable bonds is 6. The summed E-state index contributed by atoms with van der Waals surface area (Å²) in [6.45, 7) is 0.126. The zero-order valence-electron chi connectivity index (χ0n) is 20.3. The number of nitrogens with zero attached hydrogens (tertiary/aromatic N) is 8. The number of aliphatic hydroxyl groups is 1. The van der Waals surface area contributed by atoms with Crippen LogP contribution in [0.4, 0.5) is 13.2 Å². The molecule has 39 heavy (non-hydrogen) atoms. The lowest BCUT2D eigenvalue weighted by atomic mass is 10.1. The third kappa shape index (κ3) is 5.43. The number of piperidine rings is 1. The van der Waals surface area contributed by atoms with Crippen LogP contribution in [0.15, 0.2) is 53.7 Å². The third-order valence-corrected chi connectivity index (χ3v) is 6.50. The lowest BCUT2D eigenvalue weighted by Crippen LogP contribution is -2.37. The summed E-state index contributed by atoms with van der Waals surface area (Å²) in [4.78, 5) is 36.4. The van der Waals surface area contributed by atoms with Crippen molar-refractivity contribution in [3.8, 4) is 23.0 Å². The summed E-state index contributed by atoms with van der Waals surface area (Å²) in [5.41, 5.74) is -0.267. The molecule has 1 aromatic carbocycles. The van der Waals surface area contributed by atoms with E-state index in [-0.39, 0.29) is 28.9 Å². The second-order valence-electron chi connectivity index (χ2n) is 8.91. The number of aliphatic hydroxyl groups excluding tert-OH is 1. The van der Waals surface area contributed by atoms with Crippen LogP contribution in [0, 0.1) is 0 Å². The topological polar surface area (TPSA) is 124 Å². The number of benzene rings is 1. The van der Waals surface area contributed by atoms with Gasteiger partial charge >= 0.3 is 11.9 Å². The first-order valence-corrected chi connectivity index (χ1v) is 12.4. The molecule has 1 aliphatic rings. The molecule has 11 nitrogen and oxygen atoms in total. The van der Waals surface area contributed by atoms with Crippen LogP contribution in [-0.2, 0) is 6.54 Å². The molecule has 15 heteroatoms. The average molecular weight is 563 g/mol. The fourth-order valence-corrected chi connectivity index (χ4v) is 4.37. The van der Waals surface area contributed by atoms with E-state index in [2.05, 4.69) is 20.2 Å². The molecule has 0 radical (unpaired) electrons. The largest absolute Gasteiger partial charge is 0.416 e. The van der Waals surface area contributed by atoms with E-state index in [4.69, 9.17) is 11.6 Å². The molecule has 1 unspecified atom stereocenters. The SMILES string of the molecule is O=C(c1ncccc1-n1cnc(-n2nc(-c3ccc(Cl)cc3)n(CC(O)C(F)(F)F)c2=O)n1)N1CCCCC1. The van der Waals surface area contributed by atoms with E-state index in [0.717, 1.165) is 23.9 Å². The van der Waals surface area contributed by atoms with Gasteiger partial charge in [-0.1, -0.05) is 11.6 Å². The highest BCUT2D eigenvalue weighted by Gasteiger charge is 2.39. The Hall–Kier alpha value is -4.04. The Kier molecular flexibility index (Phi) is 7.23. The van der Waals surface area contributed by atoms with Crippen molar-refractivity contribution < 1.29 is 23.1 Å². The second-order valence-corrected chi connectivity index (χ2v) is 9.34. The Labute approximate surface area is 224 Å². The van der Waals surface area contributed by atoms with Crippen molar-refractivity contribution in [3.63, 3.8) is 0 Å². The highest BCUT2D eigenvalue weighted by molar-refractivity contribution is 6.30. The minimum Gasteiger partial charge on any atom is -0.382 e. The summed E-state index contributed by atoms with van der Waals surface area (Å²) < 4.78 is 42.1. The molecule has 1 saturated heterocycles. The standard InChI is InChI=1S/C24H22ClF3N8O3/c25-16-8-6-15(7-9-16)20-31-36(23(39)34(20)13-18(37)24(26,27)28)22-30-14-35(32-22)17-5-4-10-29-19(17)21(38)33-11-2-1-3-12-33/h4-10,14,18,37H,1-3,11-13H2. The number of hydrogen-bond acceptors (Lipinski definition) is 7. The van der Waals surface area contributed by atoms with E-state index in [9.17, 15) is 27.9 Å². The molecule has 204 valence electrons. The first-order chi connectivity index (χ1) is 18.6. The molecule has 5 rings (SSSR count). The summed E-state index contributed by atoms with van der Waals surface area (Å²) in [5.74, 6) is -0.677. The van der Waals surface area contributed by atoms with E-state index in [1.54, 1.807) is 17.0 Å². The maximum atomic E-state index is 13.2. The number of pyridine rings is 1. The molecule has 0 bridgehead atoms. The summed E-state index contributed by atoms with van der Waals surface area (Å²) in [7, 11) is 0. The number of carbonyl (C=O) groups excluding carboxylic acids is 1. The number of likely N-dealkylation sites (tertiary alicyclic amines) is 1. The zero-order valence-corrected chi connectivity index (χ0v) is 21.0. The Morgan fingerprint density at radius 3 is 2.46 bits per heavy atom. The van der Waals surface area contributed by atoms with Gasteiger partial charge < -0.3 is 10.0 Å². The van der Waals surface area contributed by atoms with Crippen molar-refractivity contribution in [1.29, 1.82) is 0 Å². The monoisotopic (exact) mass is 562 g/mol. The van der Waals surface area contributed by atoms with Crippen LogP contribution >= 0.6 is 11.6 Å². The van der Waals surface area contributed by atoms with Crippen LogP contribution in [0.1, 0.15) is 29.8 Å². The summed E-state index contributed by atoms with van der Waals surface area (Å²) in [5, 5.41) is 18.5. The van der Waals surface area contributed by atoms with E-state index in [1.807, 2.05) is 0 Å². The summed E-state index contributed by atoms with van der Waals surface area (Å²) in [6.07, 6.45) is -2.21. The molecular formula is C24H22ClF3N8O3. The second kappa shape index (κ2) is 10.6. The first-order valence-electron chi connectivity index (χ1n) is 12.0. The molecule has 1 fully saturated rings. The van der Waals surface area contributed by atoms with Gasteiger partial charge in [-0.25, -0.2) is 14.5 Å².